The minimum Gasteiger partial charge on any atom is -0.381 e. The van der Waals surface area contributed by atoms with Crippen LogP contribution < -0.4 is 0 Å². The highest BCUT2D eigenvalue weighted by molar-refractivity contribution is 5.02. The Morgan fingerprint density at radius 3 is 1.42 bits per heavy atom. The van der Waals surface area contributed by atoms with Gasteiger partial charge in [-0.2, -0.15) is 0 Å². The fourth-order valence-corrected chi connectivity index (χ4v) is 2.49. The lowest BCUT2D eigenvalue weighted by molar-refractivity contribution is 0.125. The lowest BCUT2D eigenvalue weighted by atomic mass is 10.1. The van der Waals surface area contributed by atoms with Gasteiger partial charge in [0.05, 0.1) is 0 Å². The summed E-state index contributed by atoms with van der Waals surface area (Å²) >= 11 is 0. The van der Waals surface area contributed by atoms with Crippen molar-refractivity contribution in [1.82, 2.24) is 0 Å². The third-order valence-corrected chi connectivity index (χ3v) is 4.02. The van der Waals surface area contributed by atoms with Crippen LogP contribution in [0.15, 0.2) is 30.3 Å². The van der Waals surface area contributed by atoms with E-state index in [0.29, 0.717) is 0 Å². The lowest BCUT2D eigenvalue weighted by Gasteiger charge is -2.04. The zero-order valence-electron chi connectivity index (χ0n) is 16.1. The number of hydrogen-bond acceptors (Lipinski definition) is 1. The van der Waals surface area contributed by atoms with Gasteiger partial charge in [0, 0.05) is 13.2 Å². The molecule has 0 N–H and O–H groups in total. The van der Waals surface area contributed by atoms with Crippen LogP contribution in [0.25, 0.3) is 0 Å². The first-order valence-electron chi connectivity index (χ1n) is 10.1. The second kappa shape index (κ2) is 20.2. The predicted molar refractivity (Wildman–Crippen MR) is 104 cm³/mol. The van der Waals surface area contributed by atoms with Gasteiger partial charge < -0.3 is 4.74 Å². The standard InChI is InChI=1S/C16H34O.C6H5F/c1-3-5-7-9-11-13-15-17-16-14-12-10-8-6-4-2;7-6-4-2-1-3-5-6/h3-16H2,1-2H3;1-5H. The van der Waals surface area contributed by atoms with Gasteiger partial charge in [-0.05, 0) is 25.0 Å². The van der Waals surface area contributed by atoms with E-state index >= 15 is 0 Å². The van der Waals surface area contributed by atoms with Crippen molar-refractivity contribution in [3.8, 4) is 0 Å². The summed E-state index contributed by atoms with van der Waals surface area (Å²) in [6.07, 6.45) is 16.3. The summed E-state index contributed by atoms with van der Waals surface area (Å²) < 4.78 is 17.6. The van der Waals surface area contributed by atoms with Crippen molar-refractivity contribution in [3.05, 3.63) is 36.1 Å². The van der Waals surface area contributed by atoms with E-state index in [1.807, 2.05) is 0 Å². The van der Waals surface area contributed by atoms with E-state index in [-0.39, 0.29) is 5.82 Å². The van der Waals surface area contributed by atoms with Crippen LogP contribution in [0.2, 0.25) is 0 Å². The quantitative estimate of drug-likeness (QED) is 0.318. The molecular weight excluding hydrogens is 299 g/mol. The number of benzene rings is 1. The summed E-state index contributed by atoms with van der Waals surface area (Å²) in [6.45, 7) is 6.51. The van der Waals surface area contributed by atoms with E-state index in [9.17, 15) is 4.39 Å². The summed E-state index contributed by atoms with van der Waals surface area (Å²) in [4.78, 5) is 0. The van der Waals surface area contributed by atoms with Gasteiger partial charge in [0.1, 0.15) is 5.82 Å². The third kappa shape index (κ3) is 19.2. The molecule has 0 spiro atoms. The van der Waals surface area contributed by atoms with Crippen molar-refractivity contribution in [2.24, 2.45) is 0 Å². The Hall–Kier alpha value is -0.890. The fourth-order valence-electron chi connectivity index (χ4n) is 2.49. The van der Waals surface area contributed by atoms with Crippen molar-refractivity contribution < 1.29 is 9.13 Å². The van der Waals surface area contributed by atoms with Crippen LogP contribution in [0.5, 0.6) is 0 Å². The number of unbranched alkanes of at least 4 members (excludes halogenated alkanes) is 10. The molecule has 2 heteroatoms. The Morgan fingerprint density at radius 2 is 1.04 bits per heavy atom. The molecule has 1 nitrogen and oxygen atoms in total. The van der Waals surface area contributed by atoms with E-state index < -0.39 is 0 Å². The summed E-state index contributed by atoms with van der Waals surface area (Å²) in [5, 5.41) is 0. The maximum atomic E-state index is 11.9. The van der Waals surface area contributed by atoms with Crippen LogP contribution in [-0.2, 0) is 4.74 Å². The highest BCUT2D eigenvalue weighted by Gasteiger charge is 1.92. The number of hydrogen-bond donors (Lipinski definition) is 0. The van der Waals surface area contributed by atoms with Crippen LogP contribution in [-0.4, -0.2) is 13.2 Å². The topological polar surface area (TPSA) is 9.23 Å². The minimum atomic E-state index is -0.178. The van der Waals surface area contributed by atoms with E-state index in [1.165, 1.54) is 89.2 Å². The van der Waals surface area contributed by atoms with Gasteiger partial charge in [-0.25, -0.2) is 4.39 Å². The average Bonchev–Trinajstić information content (AvgIpc) is 2.60. The molecule has 1 aromatic carbocycles. The number of ether oxygens (including phenoxy) is 1. The lowest BCUT2D eigenvalue weighted by Crippen LogP contribution is -1.97. The van der Waals surface area contributed by atoms with Crippen molar-refractivity contribution in [2.45, 2.75) is 90.9 Å². The van der Waals surface area contributed by atoms with Crippen LogP contribution in [0.1, 0.15) is 90.9 Å². The molecule has 0 saturated carbocycles. The Labute approximate surface area is 150 Å². The van der Waals surface area contributed by atoms with Crippen molar-refractivity contribution >= 4 is 0 Å². The van der Waals surface area contributed by atoms with E-state index in [4.69, 9.17) is 4.74 Å². The maximum Gasteiger partial charge on any atom is 0.123 e. The molecule has 0 amide bonds. The molecule has 0 aliphatic rings. The van der Waals surface area contributed by atoms with E-state index in [2.05, 4.69) is 13.8 Å². The Kier molecular flexibility index (Phi) is 19.4. The normalized spacial score (nSPS) is 10.3. The summed E-state index contributed by atoms with van der Waals surface area (Å²) in [5.41, 5.74) is 0. The van der Waals surface area contributed by atoms with Crippen molar-refractivity contribution in [3.63, 3.8) is 0 Å². The zero-order chi connectivity index (χ0) is 17.7. The van der Waals surface area contributed by atoms with Gasteiger partial charge in [0.15, 0.2) is 0 Å². The van der Waals surface area contributed by atoms with Gasteiger partial charge in [-0.15, -0.1) is 0 Å². The molecule has 0 heterocycles. The highest BCUT2D eigenvalue weighted by atomic mass is 19.1. The molecule has 140 valence electrons. The second-order valence-electron chi connectivity index (χ2n) is 6.44. The Morgan fingerprint density at radius 1 is 0.625 bits per heavy atom. The average molecular weight is 339 g/mol. The monoisotopic (exact) mass is 338 g/mol. The molecule has 1 aromatic rings. The van der Waals surface area contributed by atoms with Crippen molar-refractivity contribution in [2.75, 3.05) is 13.2 Å². The van der Waals surface area contributed by atoms with Crippen LogP contribution >= 0.6 is 0 Å². The van der Waals surface area contributed by atoms with Crippen molar-refractivity contribution in [1.29, 1.82) is 0 Å². The van der Waals surface area contributed by atoms with E-state index in [0.717, 1.165) is 13.2 Å². The van der Waals surface area contributed by atoms with Gasteiger partial charge in [-0.3, -0.25) is 0 Å². The van der Waals surface area contributed by atoms with Gasteiger partial charge in [0.25, 0.3) is 0 Å². The summed E-state index contributed by atoms with van der Waals surface area (Å²) in [5.74, 6) is -0.178. The molecule has 0 aromatic heterocycles. The Balaban J connectivity index is 0.000000620. The van der Waals surface area contributed by atoms with Gasteiger partial charge in [-0.1, -0.05) is 96.3 Å². The maximum absolute atomic E-state index is 11.9. The second-order valence-corrected chi connectivity index (χ2v) is 6.44. The summed E-state index contributed by atoms with van der Waals surface area (Å²) in [6, 6.07) is 7.94. The first kappa shape index (κ1) is 23.1. The zero-order valence-corrected chi connectivity index (χ0v) is 16.1. The molecule has 0 atom stereocenters. The number of halogens is 1. The SMILES string of the molecule is CCCCCCCCOCCCCCCCC.Fc1ccccc1. The van der Waals surface area contributed by atoms with Gasteiger partial charge in [0.2, 0.25) is 0 Å². The molecule has 0 saturated heterocycles. The fraction of sp³-hybridized carbons (Fsp3) is 0.727. The Bertz CT molecular complexity index is 312. The van der Waals surface area contributed by atoms with Crippen LogP contribution in [0.4, 0.5) is 4.39 Å². The van der Waals surface area contributed by atoms with Crippen LogP contribution in [0.3, 0.4) is 0 Å². The smallest absolute Gasteiger partial charge is 0.123 e. The van der Waals surface area contributed by atoms with E-state index in [1.54, 1.807) is 18.2 Å². The summed E-state index contributed by atoms with van der Waals surface area (Å²) in [7, 11) is 0. The molecule has 0 bridgehead atoms. The van der Waals surface area contributed by atoms with Crippen LogP contribution in [0, 0.1) is 5.82 Å². The first-order chi connectivity index (χ1) is 11.8. The molecule has 0 aliphatic heterocycles. The predicted octanol–water partition coefficient (Wildman–Crippen LogP) is 7.55. The first-order valence-corrected chi connectivity index (χ1v) is 10.1. The molecule has 0 unspecified atom stereocenters. The molecule has 24 heavy (non-hydrogen) atoms. The molecule has 0 aliphatic carbocycles. The minimum absolute atomic E-state index is 0.178. The molecular formula is C22H39FO. The highest BCUT2D eigenvalue weighted by Crippen LogP contribution is 2.07. The molecule has 0 fully saturated rings. The molecule has 1 rings (SSSR count). The third-order valence-electron chi connectivity index (χ3n) is 4.02. The van der Waals surface area contributed by atoms with Gasteiger partial charge >= 0.3 is 0 Å². The molecule has 0 radical (unpaired) electrons. The number of rotatable bonds is 14. The largest absolute Gasteiger partial charge is 0.381 e.